The van der Waals surface area contributed by atoms with E-state index in [2.05, 4.69) is 25.9 Å². The smallest absolute Gasteiger partial charge is 0.319 e. The molecule has 0 radical (unpaired) electrons. The predicted molar refractivity (Wildman–Crippen MR) is 98.8 cm³/mol. The number of methoxy groups -OCH3 is 2. The molecule has 1 amide bonds. The first-order chi connectivity index (χ1) is 12.6. The first kappa shape index (κ1) is 18.4. The van der Waals surface area contributed by atoms with E-state index in [4.69, 9.17) is 14.2 Å². The monoisotopic (exact) mass is 421 g/mol. The molecule has 1 aromatic heterocycles. The highest BCUT2D eigenvalue weighted by molar-refractivity contribution is 9.10. The lowest BCUT2D eigenvalue weighted by molar-refractivity contribution is 0.0524. The van der Waals surface area contributed by atoms with Gasteiger partial charge in [-0.25, -0.2) is 4.98 Å². The number of hydrogen-bond acceptors (Lipinski definition) is 6. The van der Waals surface area contributed by atoms with E-state index in [1.165, 1.54) is 7.11 Å². The second-order valence-corrected chi connectivity index (χ2v) is 6.71. The SMILES string of the molecule is COc1ccc(Br)c(C(=O)N2CCCC(Oc3ccnc(OC)n3)C2)c1. The van der Waals surface area contributed by atoms with Crippen LogP contribution in [0.25, 0.3) is 0 Å². The maximum Gasteiger partial charge on any atom is 0.319 e. The van der Waals surface area contributed by atoms with Crippen LogP contribution in [-0.2, 0) is 0 Å². The average molecular weight is 422 g/mol. The quantitative estimate of drug-likeness (QED) is 0.738. The number of amides is 1. The number of ether oxygens (including phenoxy) is 3. The maximum absolute atomic E-state index is 12.9. The van der Waals surface area contributed by atoms with Gasteiger partial charge in [-0.1, -0.05) is 0 Å². The molecule has 2 heterocycles. The Morgan fingerprint density at radius 1 is 1.27 bits per heavy atom. The molecule has 8 heteroatoms. The van der Waals surface area contributed by atoms with Crippen LogP contribution < -0.4 is 14.2 Å². The van der Waals surface area contributed by atoms with Crippen molar-refractivity contribution in [2.24, 2.45) is 0 Å². The van der Waals surface area contributed by atoms with Crippen molar-refractivity contribution in [3.05, 3.63) is 40.5 Å². The number of carbonyl (C=O) groups is 1. The van der Waals surface area contributed by atoms with E-state index in [1.807, 2.05) is 12.1 Å². The Kier molecular flexibility index (Phi) is 5.92. The zero-order valence-corrected chi connectivity index (χ0v) is 16.2. The molecule has 7 nitrogen and oxygen atoms in total. The van der Waals surface area contributed by atoms with Crippen LogP contribution in [0.1, 0.15) is 23.2 Å². The fourth-order valence-corrected chi connectivity index (χ4v) is 3.26. The highest BCUT2D eigenvalue weighted by atomic mass is 79.9. The first-order valence-corrected chi connectivity index (χ1v) is 9.06. The number of benzene rings is 1. The normalized spacial score (nSPS) is 16.9. The lowest BCUT2D eigenvalue weighted by Gasteiger charge is -2.33. The van der Waals surface area contributed by atoms with Crippen LogP contribution in [0.4, 0.5) is 0 Å². The van der Waals surface area contributed by atoms with E-state index in [9.17, 15) is 4.79 Å². The van der Waals surface area contributed by atoms with Gasteiger partial charge in [0.2, 0.25) is 5.88 Å². The Labute approximate surface area is 160 Å². The Bertz CT molecular complexity index is 787. The number of nitrogens with zero attached hydrogens (tertiary/aromatic N) is 3. The largest absolute Gasteiger partial charge is 0.497 e. The van der Waals surface area contributed by atoms with E-state index >= 15 is 0 Å². The van der Waals surface area contributed by atoms with Gasteiger partial charge < -0.3 is 19.1 Å². The van der Waals surface area contributed by atoms with Gasteiger partial charge in [0.05, 0.1) is 26.3 Å². The fourth-order valence-electron chi connectivity index (χ4n) is 2.84. The molecule has 1 atom stereocenters. The van der Waals surface area contributed by atoms with Crippen LogP contribution in [0, 0.1) is 0 Å². The van der Waals surface area contributed by atoms with E-state index in [0.29, 0.717) is 30.3 Å². The van der Waals surface area contributed by atoms with Crippen LogP contribution in [-0.4, -0.2) is 54.2 Å². The molecule has 3 rings (SSSR count). The summed E-state index contributed by atoms with van der Waals surface area (Å²) < 4.78 is 16.9. The second kappa shape index (κ2) is 8.35. The van der Waals surface area contributed by atoms with Crippen molar-refractivity contribution in [2.75, 3.05) is 27.3 Å². The standard InChI is InChI=1S/C18H20BrN3O4/c1-24-12-5-6-15(19)14(10-12)17(23)22-9-3-4-13(11-22)26-16-7-8-20-18(21-16)25-2/h5-8,10,13H,3-4,9,11H2,1-2H3. The van der Waals surface area contributed by atoms with Crippen molar-refractivity contribution in [3.8, 4) is 17.6 Å². The predicted octanol–water partition coefficient (Wildman–Crippen LogP) is 2.94. The van der Waals surface area contributed by atoms with E-state index < -0.39 is 0 Å². The van der Waals surface area contributed by atoms with Gasteiger partial charge in [0.15, 0.2) is 0 Å². The lowest BCUT2D eigenvalue weighted by Crippen LogP contribution is -2.44. The number of rotatable bonds is 5. The summed E-state index contributed by atoms with van der Waals surface area (Å²) in [4.78, 5) is 22.9. The second-order valence-electron chi connectivity index (χ2n) is 5.86. The van der Waals surface area contributed by atoms with Gasteiger partial charge in [-0.3, -0.25) is 4.79 Å². The molecule has 0 saturated carbocycles. The topological polar surface area (TPSA) is 73.8 Å². The molecule has 1 saturated heterocycles. The third kappa shape index (κ3) is 4.24. The van der Waals surface area contributed by atoms with Gasteiger partial charge in [-0.05, 0) is 47.0 Å². The molecule has 0 spiro atoms. The molecule has 1 fully saturated rings. The summed E-state index contributed by atoms with van der Waals surface area (Å²) in [5, 5.41) is 0. The fraction of sp³-hybridized carbons (Fsp3) is 0.389. The summed E-state index contributed by atoms with van der Waals surface area (Å²) >= 11 is 3.45. The molecular formula is C18H20BrN3O4. The van der Waals surface area contributed by atoms with Crippen molar-refractivity contribution in [1.29, 1.82) is 0 Å². The molecule has 1 aliphatic rings. The summed E-state index contributed by atoms with van der Waals surface area (Å²) in [6.07, 6.45) is 3.17. The molecule has 138 valence electrons. The zero-order valence-electron chi connectivity index (χ0n) is 14.6. The lowest BCUT2D eigenvalue weighted by atomic mass is 10.1. The number of likely N-dealkylation sites (tertiary alicyclic amines) is 1. The highest BCUT2D eigenvalue weighted by Gasteiger charge is 2.27. The van der Waals surface area contributed by atoms with Crippen LogP contribution >= 0.6 is 15.9 Å². The van der Waals surface area contributed by atoms with Gasteiger partial charge in [-0.2, -0.15) is 4.98 Å². The number of halogens is 1. The number of hydrogen-bond donors (Lipinski definition) is 0. The summed E-state index contributed by atoms with van der Waals surface area (Å²) in [6.45, 7) is 1.18. The van der Waals surface area contributed by atoms with Gasteiger partial charge in [0, 0.05) is 23.3 Å². The average Bonchev–Trinajstić information content (AvgIpc) is 2.68. The molecule has 1 unspecified atom stereocenters. The summed E-state index contributed by atoms with van der Waals surface area (Å²) in [6, 6.07) is 7.31. The molecule has 0 aliphatic carbocycles. The van der Waals surface area contributed by atoms with E-state index in [-0.39, 0.29) is 18.0 Å². The number of carbonyl (C=O) groups excluding carboxylic acids is 1. The van der Waals surface area contributed by atoms with Crippen LogP contribution in [0.3, 0.4) is 0 Å². The number of piperidine rings is 1. The van der Waals surface area contributed by atoms with E-state index in [0.717, 1.165) is 17.3 Å². The van der Waals surface area contributed by atoms with Crippen molar-refractivity contribution >= 4 is 21.8 Å². The molecule has 1 aromatic carbocycles. The zero-order chi connectivity index (χ0) is 18.5. The van der Waals surface area contributed by atoms with Crippen LogP contribution in [0.15, 0.2) is 34.9 Å². The van der Waals surface area contributed by atoms with Crippen LogP contribution in [0.5, 0.6) is 17.6 Å². The molecule has 26 heavy (non-hydrogen) atoms. The Morgan fingerprint density at radius 3 is 2.88 bits per heavy atom. The minimum Gasteiger partial charge on any atom is -0.497 e. The summed E-state index contributed by atoms with van der Waals surface area (Å²) in [7, 11) is 3.09. The third-order valence-electron chi connectivity index (χ3n) is 4.15. The highest BCUT2D eigenvalue weighted by Crippen LogP contribution is 2.26. The molecular weight excluding hydrogens is 402 g/mol. The Hall–Kier alpha value is -2.35. The molecule has 1 aliphatic heterocycles. The van der Waals surface area contributed by atoms with Crippen molar-refractivity contribution in [1.82, 2.24) is 14.9 Å². The van der Waals surface area contributed by atoms with Gasteiger partial charge in [-0.15, -0.1) is 0 Å². The van der Waals surface area contributed by atoms with E-state index in [1.54, 1.807) is 30.3 Å². The third-order valence-corrected chi connectivity index (χ3v) is 4.84. The number of aromatic nitrogens is 2. The van der Waals surface area contributed by atoms with Gasteiger partial charge in [0.1, 0.15) is 11.9 Å². The van der Waals surface area contributed by atoms with Crippen molar-refractivity contribution in [2.45, 2.75) is 18.9 Å². The minimum atomic E-state index is -0.128. The van der Waals surface area contributed by atoms with Crippen molar-refractivity contribution < 1.29 is 19.0 Å². The molecule has 0 N–H and O–H groups in total. The Morgan fingerprint density at radius 2 is 2.12 bits per heavy atom. The first-order valence-electron chi connectivity index (χ1n) is 8.27. The van der Waals surface area contributed by atoms with Crippen molar-refractivity contribution in [3.63, 3.8) is 0 Å². The molecule has 2 aromatic rings. The Balaban J connectivity index is 1.70. The van der Waals surface area contributed by atoms with Gasteiger partial charge >= 0.3 is 6.01 Å². The van der Waals surface area contributed by atoms with Crippen LogP contribution in [0.2, 0.25) is 0 Å². The summed E-state index contributed by atoms with van der Waals surface area (Å²) in [5.74, 6) is 1.04. The minimum absolute atomic E-state index is 0.0515. The molecule has 0 bridgehead atoms. The summed E-state index contributed by atoms with van der Waals surface area (Å²) in [5.41, 5.74) is 0.578. The van der Waals surface area contributed by atoms with Gasteiger partial charge in [0.25, 0.3) is 5.91 Å². The maximum atomic E-state index is 12.9.